The standard InChI is InChI=1S/C23H38N2O8/c1-9-15(10-2)32-20-18(24-13(4)26)17(25-22(29)33-23(6,7)8)12-16(21(28)30-11-3)19(20)31-14(5)27/h12,15,17-20H,9-11H2,1-8H3,(H,24,26)(H,25,29)/t17-,18+,19-,20-/m0/s1. The minimum absolute atomic E-state index is 0.0191. The molecule has 0 aliphatic heterocycles. The third-order valence-electron chi connectivity index (χ3n) is 4.82. The molecule has 0 radical (unpaired) electrons. The molecule has 1 aliphatic carbocycles. The van der Waals surface area contributed by atoms with E-state index in [2.05, 4.69) is 10.6 Å². The van der Waals surface area contributed by atoms with Crippen molar-refractivity contribution >= 4 is 23.9 Å². The van der Waals surface area contributed by atoms with Crippen LogP contribution in [0.2, 0.25) is 0 Å². The van der Waals surface area contributed by atoms with Gasteiger partial charge in [-0.15, -0.1) is 0 Å². The summed E-state index contributed by atoms with van der Waals surface area (Å²) in [4.78, 5) is 49.3. The number of carbonyl (C=O) groups excluding carboxylic acids is 4. The molecule has 0 bridgehead atoms. The van der Waals surface area contributed by atoms with Gasteiger partial charge in [-0.3, -0.25) is 9.59 Å². The Balaban J connectivity index is 3.56. The van der Waals surface area contributed by atoms with Gasteiger partial charge in [-0.25, -0.2) is 9.59 Å². The van der Waals surface area contributed by atoms with Crippen LogP contribution in [0.5, 0.6) is 0 Å². The number of hydrogen-bond donors (Lipinski definition) is 2. The van der Waals surface area contributed by atoms with E-state index in [-0.39, 0.29) is 24.2 Å². The van der Waals surface area contributed by atoms with Crippen LogP contribution in [0, 0.1) is 0 Å². The summed E-state index contributed by atoms with van der Waals surface area (Å²) in [5, 5.41) is 5.47. The van der Waals surface area contributed by atoms with Crippen LogP contribution in [-0.4, -0.2) is 66.5 Å². The van der Waals surface area contributed by atoms with Gasteiger partial charge in [0.25, 0.3) is 0 Å². The number of hydrogen-bond acceptors (Lipinski definition) is 8. The second-order valence-corrected chi connectivity index (χ2v) is 8.81. The molecular weight excluding hydrogens is 432 g/mol. The van der Waals surface area contributed by atoms with Crippen molar-refractivity contribution in [3.63, 3.8) is 0 Å². The van der Waals surface area contributed by atoms with Gasteiger partial charge in [0.05, 0.1) is 30.4 Å². The molecule has 188 valence electrons. The summed E-state index contributed by atoms with van der Waals surface area (Å²) < 4.78 is 22.3. The molecule has 0 saturated carbocycles. The number of nitrogens with one attached hydrogen (secondary N) is 2. The first-order chi connectivity index (χ1) is 15.3. The van der Waals surface area contributed by atoms with Crippen molar-refractivity contribution < 1.29 is 38.1 Å². The highest BCUT2D eigenvalue weighted by Crippen LogP contribution is 2.29. The highest BCUT2D eigenvalue weighted by molar-refractivity contribution is 5.91. The summed E-state index contributed by atoms with van der Waals surface area (Å²) >= 11 is 0. The fourth-order valence-corrected chi connectivity index (χ4v) is 3.51. The van der Waals surface area contributed by atoms with Gasteiger partial charge in [-0.05, 0) is 46.6 Å². The maximum absolute atomic E-state index is 12.8. The minimum Gasteiger partial charge on any atom is -0.463 e. The van der Waals surface area contributed by atoms with E-state index in [0.717, 1.165) is 0 Å². The van der Waals surface area contributed by atoms with Crippen LogP contribution < -0.4 is 10.6 Å². The molecule has 0 unspecified atom stereocenters. The zero-order valence-electron chi connectivity index (χ0n) is 20.9. The number of ether oxygens (including phenoxy) is 4. The molecule has 0 fully saturated rings. The van der Waals surface area contributed by atoms with Gasteiger partial charge in [0.2, 0.25) is 5.91 Å². The molecule has 0 heterocycles. The van der Waals surface area contributed by atoms with E-state index in [1.807, 2.05) is 13.8 Å². The highest BCUT2D eigenvalue weighted by Gasteiger charge is 2.47. The summed E-state index contributed by atoms with van der Waals surface area (Å²) in [7, 11) is 0. The van der Waals surface area contributed by atoms with Crippen LogP contribution in [0.15, 0.2) is 11.6 Å². The molecule has 0 spiro atoms. The molecule has 1 rings (SSSR count). The number of alkyl carbamates (subject to hydrolysis) is 1. The smallest absolute Gasteiger partial charge is 0.408 e. The zero-order chi connectivity index (χ0) is 25.3. The first kappa shape index (κ1) is 28.4. The average Bonchev–Trinajstić information content (AvgIpc) is 2.67. The van der Waals surface area contributed by atoms with Crippen molar-refractivity contribution in [2.24, 2.45) is 0 Å². The van der Waals surface area contributed by atoms with E-state index in [9.17, 15) is 19.2 Å². The summed E-state index contributed by atoms with van der Waals surface area (Å²) in [5.41, 5.74) is -0.743. The molecular formula is C23H38N2O8. The molecule has 2 N–H and O–H groups in total. The average molecular weight is 471 g/mol. The Morgan fingerprint density at radius 3 is 2.09 bits per heavy atom. The quantitative estimate of drug-likeness (QED) is 0.388. The lowest BCUT2D eigenvalue weighted by molar-refractivity contribution is -0.163. The van der Waals surface area contributed by atoms with Crippen LogP contribution in [0.3, 0.4) is 0 Å². The molecule has 0 saturated heterocycles. The van der Waals surface area contributed by atoms with Crippen LogP contribution in [0.25, 0.3) is 0 Å². The van der Waals surface area contributed by atoms with Crippen molar-refractivity contribution in [1.82, 2.24) is 10.6 Å². The third kappa shape index (κ3) is 9.03. The second kappa shape index (κ2) is 12.6. The minimum atomic E-state index is -1.14. The van der Waals surface area contributed by atoms with Gasteiger partial charge < -0.3 is 29.6 Å². The summed E-state index contributed by atoms with van der Waals surface area (Å²) in [6.07, 6.45) is -0.377. The molecule has 10 nitrogen and oxygen atoms in total. The van der Waals surface area contributed by atoms with E-state index in [4.69, 9.17) is 18.9 Å². The van der Waals surface area contributed by atoms with Gasteiger partial charge in [0, 0.05) is 13.8 Å². The van der Waals surface area contributed by atoms with Crippen molar-refractivity contribution in [3.8, 4) is 0 Å². The maximum Gasteiger partial charge on any atom is 0.408 e. The summed E-state index contributed by atoms with van der Waals surface area (Å²) in [6.45, 7) is 13.3. The van der Waals surface area contributed by atoms with Crippen molar-refractivity contribution in [3.05, 3.63) is 11.6 Å². The molecule has 1 aliphatic rings. The van der Waals surface area contributed by atoms with Gasteiger partial charge in [-0.2, -0.15) is 0 Å². The van der Waals surface area contributed by atoms with Crippen molar-refractivity contribution in [1.29, 1.82) is 0 Å². The van der Waals surface area contributed by atoms with E-state index in [1.54, 1.807) is 27.7 Å². The van der Waals surface area contributed by atoms with E-state index in [0.29, 0.717) is 12.8 Å². The molecule has 0 aromatic heterocycles. The molecule has 0 aromatic carbocycles. The van der Waals surface area contributed by atoms with Gasteiger partial charge in [0.1, 0.15) is 11.7 Å². The predicted octanol–water partition coefficient (Wildman–Crippen LogP) is 2.39. The van der Waals surface area contributed by atoms with E-state index >= 15 is 0 Å². The molecule has 10 heteroatoms. The van der Waals surface area contributed by atoms with Crippen molar-refractivity contribution in [2.75, 3.05) is 6.61 Å². The second-order valence-electron chi connectivity index (χ2n) is 8.81. The summed E-state index contributed by atoms with van der Waals surface area (Å²) in [5.74, 6) is -1.73. The third-order valence-corrected chi connectivity index (χ3v) is 4.82. The van der Waals surface area contributed by atoms with E-state index in [1.165, 1.54) is 19.9 Å². The number of carbonyl (C=O) groups is 4. The largest absolute Gasteiger partial charge is 0.463 e. The first-order valence-electron chi connectivity index (χ1n) is 11.3. The van der Waals surface area contributed by atoms with Gasteiger partial charge in [-0.1, -0.05) is 13.8 Å². The van der Waals surface area contributed by atoms with Gasteiger partial charge >= 0.3 is 18.0 Å². The Hall–Kier alpha value is -2.62. The van der Waals surface area contributed by atoms with Crippen LogP contribution >= 0.6 is 0 Å². The van der Waals surface area contributed by atoms with E-state index < -0.39 is 47.9 Å². The fraction of sp³-hybridized carbons (Fsp3) is 0.739. The monoisotopic (exact) mass is 470 g/mol. The number of esters is 2. The number of amides is 2. The normalized spacial score (nSPS) is 22.8. The lowest BCUT2D eigenvalue weighted by Crippen LogP contribution is -2.64. The molecule has 2 amide bonds. The Kier molecular flexibility index (Phi) is 10.8. The van der Waals surface area contributed by atoms with Crippen molar-refractivity contribution in [2.45, 2.75) is 104 Å². The predicted molar refractivity (Wildman–Crippen MR) is 120 cm³/mol. The maximum atomic E-state index is 12.8. The molecule has 33 heavy (non-hydrogen) atoms. The van der Waals surface area contributed by atoms with Crippen LogP contribution in [-0.2, 0) is 33.3 Å². The lowest BCUT2D eigenvalue weighted by atomic mass is 9.85. The lowest BCUT2D eigenvalue weighted by Gasteiger charge is -2.42. The topological polar surface area (TPSA) is 129 Å². The SMILES string of the molecule is CCOC(=O)C1=C[C@H](NC(=O)OC(C)(C)C)[C@@H](NC(C)=O)[C@H](OC(CC)CC)[C@H]1OC(C)=O. The Bertz CT molecular complexity index is 739. The Labute approximate surface area is 195 Å². The van der Waals surface area contributed by atoms with Crippen LogP contribution in [0.4, 0.5) is 4.79 Å². The Morgan fingerprint density at radius 1 is 1.03 bits per heavy atom. The number of rotatable bonds is 9. The zero-order valence-corrected chi connectivity index (χ0v) is 20.9. The fourth-order valence-electron chi connectivity index (χ4n) is 3.51. The van der Waals surface area contributed by atoms with Crippen LogP contribution in [0.1, 0.15) is 68.2 Å². The highest BCUT2D eigenvalue weighted by atomic mass is 16.6. The molecule has 4 atom stereocenters. The Morgan fingerprint density at radius 2 is 1.64 bits per heavy atom. The first-order valence-corrected chi connectivity index (χ1v) is 11.3. The van der Waals surface area contributed by atoms with Gasteiger partial charge in [0.15, 0.2) is 6.10 Å². The molecule has 0 aromatic rings. The summed E-state index contributed by atoms with van der Waals surface area (Å²) in [6, 6.07) is -1.74.